The number of carbonyl (C=O) groups excluding carboxylic acids is 1. The maximum absolute atomic E-state index is 11.8. The SMILES string of the molecule is C[C@@H]1OCC2(CCN(c3cnc(Sc4ccnc(NC(=O)NS(C)(=O)=O)c4Cl)cn3)CC2)[C@@H]1N. The number of amides is 2. The Morgan fingerprint density at radius 3 is 2.62 bits per heavy atom. The molecule has 4 N–H and O–H groups in total. The number of carbonyl (C=O) groups is 1. The van der Waals surface area contributed by atoms with Crippen LogP contribution in [0.5, 0.6) is 0 Å². The zero-order valence-electron chi connectivity index (χ0n) is 18.7. The summed E-state index contributed by atoms with van der Waals surface area (Å²) in [6.07, 6.45) is 7.70. The number of sulfonamides is 1. The molecule has 2 aliphatic rings. The van der Waals surface area contributed by atoms with Crippen LogP contribution < -0.4 is 20.7 Å². The monoisotopic (exact) mass is 527 g/mol. The highest BCUT2D eigenvalue weighted by molar-refractivity contribution is 7.99. The number of aromatic nitrogens is 3. The topological polar surface area (TPSA) is 152 Å². The lowest BCUT2D eigenvalue weighted by Gasteiger charge is -2.41. The summed E-state index contributed by atoms with van der Waals surface area (Å²) >= 11 is 7.61. The smallest absolute Gasteiger partial charge is 0.334 e. The van der Waals surface area contributed by atoms with Gasteiger partial charge in [0, 0.05) is 35.6 Å². The molecule has 34 heavy (non-hydrogen) atoms. The number of halogens is 1. The number of piperidine rings is 1. The summed E-state index contributed by atoms with van der Waals surface area (Å²) < 4.78 is 30.0. The standard InChI is InChI=1S/C20H26ClN7O4S2/c1-12-17(22)20(11-32-12)4-7-28(8-5-20)14-9-25-15(10-24-14)33-13-3-6-23-18(16(13)21)26-19(29)27-34(2,30)31/h3,6,9-10,12,17H,4-5,7-8,11,22H2,1-2H3,(H2,23,26,27,29)/t12-,17+/m0/s1. The summed E-state index contributed by atoms with van der Waals surface area (Å²) in [5.74, 6) is 0.823. The van der Waals surface area contributed by atoms with Crippen molar-refractivity contribution in [2.24, 2.45) is 11.1 Å². The number of pyridine rings is 1. The van der Waals surface area contributed by atoms with Crippen LogP contribution in [-0.2, 0) is 14.8 Å². The molecule has 4 heterocycles. The number of hydrogen-bond acceptors (Lipinski definition) is 10. The van der Waals surface area contributed by atoms with Crippen LogP contribution in [0.1, 0.15) is 19.8 Å². The Morgan fingerprint density at radius 2 is 2.03 bits per heavy atom. The summed E-state index contributed by atoms with van der Waals surface area (Å²) in [6.45, 7) is 4.42. The Balaban J connectivity index is 1.38. The average molecular weight is 528 g/mol. The maximum Gasteiger partial charge on any atom is 0.334 e. The molecule has 11 nitrogen and oxygen atoms in total. The first-order chi connectivity index (χ1) is 16.1. The average Bonchev–Trinajstić information content (AvgIpc) is 3.05. The number of urea groups is 1. The number of hydrogen-bond donors (Lipinski definition) is 3. The van der Waals surface area contributed by atoms with Crippen LogP contribution in [0.3, 0.4) is 0 Å². The molecule has 0 aliphatic carbocycles. The Hall–Kier alpha value is -2.19. The van der Waals surface area contributed by atoms with Crippen LogP contribution in [-0.4, -0.2) is 67.5 Å². The maximum atomic E-state index is 11.8. The first-order valence-electron chi connectivity index (χ1n) is 10.6. The van der Waals surface area contributed by atoms with Gasteiger partial charge in [-0.1, -0.05) is 23.4 Å². The van der Waals surface area contributed by atoms with Crippen LogP contribution in [0, 0.1) is 5.41 Å². The van der Waals surface area contributed by atoms with Gasteiger partial charge in [-0.15, -0.1) is 0 Å². The largest absolute Gasteiger partial charge is 0.376 e. The van der Waals surface area contributed by atoms with E-state index in [2.05, 4.69) is 25.2 Å². The molecule has 0 saturated carbocycles. The predicted molar refractivity (Wildman–Crippen MR) is 130 cm³/mol. The van der Waals surface area contributed by atoms with E-state index in [9.17, 15) is 13.2 Å². The van der Waals surface area contributed by atoms with Gasteiger partial charge < -0.3 is 15.4 Å². The van der Waals surface area contributed by atoms with Crippen molar-refractivity contribution in [2.45, 2.75) is 41.8 Å². The number of ether oxygens (including phenoxy) is 1. The molecule has 184 valence electrons. The van der Waals surface area contributed by atoms with E-state index in [0.717, 1.165) is 38.0 Å². The first-order valence-corrected chi connectivity index (χ1v) is 13.7. The van der Waals surface area contributed by atoms with Gasteiger partial charge in [-0.05, 0) is 25.8 Å². The fourth-order valence-corrected chi connectivity index (χ4v) is 5.60. The second kappa shape index (κ2) is 9.82. The number of nitrogens with one attached hydrogen (secondary N) is 2. The minimum atomic E-state index is -3.71. The molecule has 2 aliphatic heterocycles. The van der Waals surface area contributed by atoms with Gasteiger partial charge in [0.15, 0.2) is 5.82 Å². The third-order valence-corrected chi connectivity index (χ3v) is 8.15. The van der Waals surface area contributed by atoms with Gasteiger partial charge in [-0.25, -0.2) is 32.9 Å². The van der Waals surface area contributed by atoms with Crippen molar-refractivity contribution >= 4 is 51.1 Å². The molecule has 0 aromatic carbocycles. The molecule has 2 aromatic rings. The molecule has 14 heteroatoms. The van der Waals surface area contributed by atoms with E-state index < -0.39 is 16.1 Å². The summed E-state index contributed by atoms with van der Waals surface area (Å²) in [4.78, 5) is 27.6. The molecule has 2 fully saturated rings. The Morgan fingerprint density at radius 1 is 1.29 bits per heavy atom. The van der Waals surface area contributed by atoms with Gasteiger partial charge >= 0.3 is 6.03 Å². The van der Waals surface area contributed by atoms with Crippen molar-refractivity contribution < 1.29 is 17.9 Å². The zero-order valence-corrected chi connectivity index (χ0v) is 21.1. The lowest BCUT2D eigenvalue weighted by atomic mass is 9.73. The summed E-state index contributed by atoms with van der Waals surface area (Å²) in [5.41, 5.74) is 6.44. The van der Waals surface area contributed by atoms with Gasteiger partial charge in [0.2, 0.25) is 10.0 Å². The van der Waals surface area contributed by atoms with Crippen LogP contribution in [0.15, 0.2) is 34.6 Å². The van der Waals surface area contributed by atoms with E-state index in [1.54, 1.807) is 23.2 Å². The second-order valence-corrected chi connectivity index (χ2v) is 11.7. The normalized spacial score (nSPS) is 22.1. The molecule has 2 saturated heterocycles. The lowest BCUT2D eigenvalue weighted by molar-refractivity contribution is 0.0974. The number of nitrogens with zero attached hydrogens (tertiary/aromatic N) is 4. The van der Waals surface area contributed by atoms with E-state index in [4.69, 9.17) is 22.1 Å². The molecule has 0 unspecified atom stereocenters. The number of rotatable bonds is 5. The highest BCUT2D eigenvalue weighted by Gasteiger charge is 2.47. The molecule has 0 radical (unpaired) electrons. The molecule has 0 bridgehead atoms. The molecular weight excluding hydrogens is 502 g/mol. The van der Waals surface area contributed by atoms with Crippen LogP contribution in [0.4, 0.5) is 16.4 Å². The summed E-state index contributed by atoms with van der Waals surface area (Å²) in [6, 6.07) is 0.771. The van der Waals surface area contributed by atoms with E-state index in [1.165, 1.54) is 18.0 Å². The highest BCUT2D eigenvalue weighted by Crippen LogP contribution is 2.42. The second-order valence-electron chi connectivity index (χ2n) is 8.51. The molecular formula is C20H26ClN7O4S2. The predicted octanol–water partition coefficient (Wildman–Crippen LogP) is 2.09. The van der Waals surface area contributed by atoms with Gasteiger partial charge in [0.05, 0.1) is 36.4 Å². The van der Waals surface area contributed by atoms with Crippen molar-refractivity contribution in [3.63, 3.8) is 0 Å². The van der Waals surface area contributed by atoms with Gasteiger partial charge in [0.1, 0.15) is 10.8 Å². The Kier molecular flexibility index (Phi) is 7.20. The third kappa shape index (κ3) is 5.54. The molecule has 2 amide bonds. The van der Waals surface area contributed by atoms with Crippen molar-refractivity contribution in [3.05, 3.63) is 29.7 Å². The number of anilines is 2. The molecule has 2 atom stereocenters. The quantitative estimate of drug-likeness (QED) is 0.526. The van der Waals surface area contributed by atoms with Crippen LogP contribution in [0.2, 0.25) is 5.02 Å². The van der Waals surface area contributed by atoms with Crippen molar-refractivity contribution in [3.8, 4) is 0 Å². The highest BCUT2D eigenvalue weighted by atomic mass is 35.5. The third-order valence-electron chi connectivity index (χ3n) is 6.12. The minimum absolute atomic E-state index is 0.0306. The van der Waals surface area contributed by atoms with Gasteiger partial charge in [-0.2, -0.15) is 0 Å². The summed E-state index contributed by atoms with van der Waals surface area (Å²) in [5, 5.41) is 3.09. The Bertz CT molecular complexity index is 1160. The van der Waals surface area contributed by atoms with E-state index >= 15 is 0 Å². The minimum Gasteiger partial charge on any atom is -0.376 e. The van der Waals surface area contributed by atoms with E-state index in [1.807, 2.05) is 6.92 Å². The summed E-state index contributed by atoms with van der Waals surface area (Å²) in [7, 11) is -3.71. The van der Waals surface area contributed by atoms with Gasteiger partial charge in [-0.3, -0.25) is 5.32 Å². The van der Waals surface area contributed by atoms with E-state index in [0.29, 0.717) is 16.5 Å². The van der Waals surface area contributed by atoms with Crippen LogP contribution in [0.25, 0.3) is 0 Å². The first kappa shape index (κ1) is 24.9. The molecule has 4 rings (SSSR count). The van der Waals surface area contributed by atoms with Crippen molar-refractivity contribution in [2.75, 3.05) is 36.2 Å². The molecule has 1 spiro atoms. The fraction of sp³-hybridized carbons (Fsp3) is 0.500. The van der Waals surface area contributed by atoms with Gasteiger partial charge in [0.25, 0.3) is 0 Å². The Labute approximate surface area is 207 Å². The van der Waals surface area contributed by atoms with Crippen molar-refractivity contribution in [1.29, 1.82) is 0 Å². The molecule has 2 aromatic heterocycles. The lowest BCUT2D eigenvalue weighted by Crippen LogP contribution is -2.50. The zero-order chi connectivity index (χ0) is 24.5. The fourth-order valence-electron chi connectivity index (χ4n) is 4.19. The van der Waals surface area contributed by atoms with Crippen molar-refractivity contribution in [1.82, 2.24) is 19.7 Å². The number of nitrogens with two attached hydrogens (primary N) is 1. The van der Waals surface area contributed by atoms with Crippen LogP contribution >= 0.6 is 23.4 Å². The van der Waals surface area contributed by atoms with E-state index in [-0.39, 0.29) is 28.4 Å².